The molecule has 0 unspecified atom stereocenters. The number of hydrogen-bond donors (Lipinski definition) is 4. The Balaban J connectivity index is 2.46. The fourth-order valence-electron chi connectivity index (χ4n) is 2.22. The molecule has 2 aromatic carbocycles. The van der Waals surface area contributed by atoms with Gasteiger partial charge in [0.15, 0.2) is 0 Å². The summed E-state index contributed by atoms with van der Waals surface area (Å²) in [5.41, 5.74) is -1.81. The number of hydrogen-bond acceptors (Lipinski definition) is 4. The number of aromatic carboxylic acids is 3. The molecular weight excluding hydrogens is 330 g/mol. The van der Waals surface area contributed by atoms with Crippen LogP contribution in [0.1, 0.15) is 47.0 Å². The molecule has 0 aliphatic carbocycles. The lowest BCUT2D eigenvalue weighted by Gasteiger charge is -2.11. The van der Waals surface area contributed by atoms with Crippen LogP contribution in [-0.4, -0.2) is 39.1 Å². The molecule has 8 heteroatoms. The molecule has 0 saturated carbocycles. The van der Waals surface area contributed by atoms with Crippen molar-refractivity contribution < 1.29 is 34.5 Å². The molecule has 25 heavy (non-hydrogen) atoms. The molecule has 1 amide bonds. The predicted octanol–water partition coefficient (Wildman–Crippen LogP) is 1.71. The molecule has 2 rings (SSSR count). The van der Waals surface area contributed by atoms with E-state index in [0.29, 0.717) is 6.07 Å². The second kappa shape index (κ2) is 7.26. The van der Waals surface area contributed by atoms with Crippen LogP contribution in [0.2, 0.25) is 0 Å². The molecule has 0 heterocycles. The summed E-state index contributed by atoms with van der Waals surface area (Å²) in [6, 6.07) is 10.3. The molecule has 0 saturated heterocycles. The van der Waals surface area contributed by atoms with Crippen molar-refractivity contribution in [3.05, 3.63) is 70.3 Å². The Morgan fingerprint density at radius 3 is 1.92 bits per heavy atom. The van der Waals surface area contributed by atoms with Crippen LogP contribution in [0.3, 0.4) is 0 Å². The zero-order valence-electron chi connectivity index (χ0n) is 12.7. The van der Waals surface area contributed by atoms with Gasteiger partial charge in [-0.05, 0) is 17.7 Å². The van der Waals surface area contributed by atoms with Gasteiger partial charge in [0, 0.05) is 6.54 Å². The summed E-state index contributed by atoms with van der Waals surface area (Å²) in [5.74, 6) is -5.64. The molecule has 0 fully saturated rings. The number of rotatable bonds is 6. The minimum atomic E-state index is -1.64. The Bertz CT molecular complexity index is 859. The topological polar surface area (TPSA) is 141 Å². The van der Waals surface area contributed by atoms with Gasteiger partial charge >= 0.3 is 17.9 Å². The third-order valence-electron chi connectivity index (χ3n) is 3.37. The van der Waals surface area contributed by atoms with Gasteiger partial charge in [0.2, 0.25) is 0 Å². The molecule has 0 aliphatic heterocycles. The lowest BCUT2D eigenvalue weighted by Crippen LogP contribution is -2.27. The fourth-order valence-corrected chi connectivity index (χ4v) is 2.22. The number of carboxylic acids is 3. The lowest BCUT2D eigenvalue weighted by molar-refractivity contribution is 0.0646. The van der Waals surface area contributed by atoms with E-state index in [2.05, 4.69) is 5.32 Å². The summed E-state index contributed by atoms with van der Waals surface area (Å²) in [7, 11) is 0. The SMILES string of the molecule is O=C(O)c1cc(C(=O)O)c(C(=O)O)c(C(=O)NCc2ccccc2)c1. The molecular formula is C17H13NO7. The highest BCUT2D eigenvalue weighted by atomic mass is 16.4. The molecule has 0 spiro atoms. The minimum Gasteiger partial charge on any atom is -0.478 e. The highest BCUT2D eigenvalue weighted by Gasteiger charge is 2.26. The van der Waals surface area contributed by atoms with Gasteiger partial charge in [0.25, 0.3) is 5.91 Å². The van der Waals surface area contributed by atoms with E-state index in [1.807, 2.05) is 0 Å². The van der Waals surface area contributed by atoms with Crippen LogP contribution in [-0.2, 0) is 6.54 Å². The monoisotopic (exact) mass is 343 g/mol. The van der Waals surface area contributed by atoms with Crippen LogP contribution >= 0.6 is 0 Å². The van der Waals surface area contributed by atoms with E-state index in [0.717, 1.165) is 11.6 Å². The van der Waals surface area contributed by atoms with Crippen molar-refractivity contribution in [2.45, 2.75) is 6.54 Å². The molecule has 0 bridgehead atoms. The maximum atomic E-state index is 12.3. The number of nitrogens with one attached hydrogen (secondary N) is 1. The summed E-state index contributed by atoms with van der Waals surface area (Å²) in [4.78, 5) is 46.2. The molecule has 0 aliphatic rings. The van der Waals surface area contributed by atoms with Crippen LogP contribution in [0.15, 0.2) is 42.5 Å². The van der Waals surface area contributed by atoms with Gasteiger partial charge in [0.05, 0.1) is 22.3 Å². The van der Waals surface area contributed by atoms with Crippen LogP contribution in [0.4, 0.5) is 0 Å². The van der Waals surface area contributed by atoms with Gasteiger partial charge in [0.1, 0.15) is 0 Å². The van der Waals surface area contributed by atoms with Crippen LogP contribution in [0, 0.1) is 0 Å². The second-order valence-corrected chi connectivity index (χ2v) is 5.03. The maximum absolute atomic E-state index is 12.3. The first-order chi connectivity index (χ1) is 11.8. The van der Waals surface area contributed by atoms with Gasteiger partial charge < -0.3 is 20.6 Å². The number of carboxylic acid groups (broad SMARTS) is 3. The predicted molar refractivity (Wildman–Crippen MR) is 84.9 cm³/mol. The van der Waals surface area contributed by atoms with Gasteiger partial charge in [-0.1, -0.05) is 30.3 Å². The third kappa shape index (κ3) is 3.99. The van der Waals surface area contributed by atoms with Crippen molar-refractivity contribution in [1.82, 2.24) is 5.32 Å². The Kier molecular flexibility index (Phi) is 5.13. The van der Waals surface area contributed by atoms with Crippen molar-refractivity contribution in [3.8, 4) is 0 Å². The zero-order valence-corrected chi connectivity index (χ0v) is 12.7. The zero-order chi connectivity index (χ0) is 18.6. The summed E-state index contributed by atoms with van der Waals surface area (Å²) in [6.45, 7) is 0.0679. The molecule has 8 nitrogen and oxygen atoms in total. The van der Waals surface area contributed by atoms with E-state index in [1.54, 1.807) is 30.3 Å². The standard InChI is InChI=1S/C17H13NO7/c19-14(18-8-9-4-2-1-3-5-9)11-6-10(15(20)21)7-12(16(22)23)13(11)17(24)25/h1-7H,8H2,(H,18,19)(H,20,21)(H,22,23)(H,24,25). The highest BCUT2D eigenvalue weighted by Crippen LogP contribution is 2.19. The summed E-state index contributed by atoms with van der Waals surface area (Å²) >= 11 is 0. The van der Waals surface area contributed by atoms with Crippen LogP contribution < -0.4 is 5.32 Å². The number of amides is 1. The molecule has 0 aromatic heterocycles. The first-order valence-electron chi connectivity index (χ1n) is 7.01. The maximum Gasteiger partial charge on any atom is 0.337 e. The molecule has 2 aromatic rings. The normalized spacial score (nSPS) is 10.1. The van der Waals surface area contributed by atoms with Crippen molar-refractivity contribution in [1.29, 1.82) is 0 Å². The Labute approximate surface area is 141 Å². The van der Waals surface area contributed by atoms with E-state index in [-0.39, 0.29) is 6.54 Å². The lowest BCUT2D eigenvalue weighted by atomic mass is 9.96. The van der Waals surface area contributed by atoms with E-state index in [1.165, 1.54) is 0 Å². The first kappa shape index (κ1) is 17.7. The summed E-state index contributed by atoms with van der Waals surface area (Å²) in [5, 5.41) is 29.9. The number of carbonyl (C=O) groups excluding carboxylic acids is 1. The molecule has 4 N–H and O–H groups in total. The minimum absolute atomic E-state index is 0.0679. The van der Waals surface area contributed by atoms with E-state index >= 15 is 0 Å². The second-order valence-electron chi connectivity index (χ2n) is 5.03. The van der Waals surface area contributed by atoms with E-state index < -0.39 is 46.1 Å². The largest absolute Gasteiger partial charge is 0.478 e. The summed E-state index contributed by atoms with van der Waals surface area (Å²) in [6.07, 6.45) is 0. The highest BCUT2D eigenvalue weighted by molar-refractivity contribution is 6.12. The Morgan fingerprint density at radius 1 is 0.800 bits per heavy atom. The Hall–Kier alpha value is -3.68. The first-order valence-corrected chi connectivity index (χ1v) is 7.01. The Morgan fingerprint density at radius 2 is 1.40 bits per heavy atom. The van der Waals surface area contributed by atoms with Crippen molar-refractivity contribution in [3.63, 3.8) is 0 Å². The van der Waals surface area contributed by atoms with Crippen molar-refractivity contribution in [2.24, 2.45) is 0 Å². The third-order valence-corrected chi connectivity index (χ3v) is 3.37. The smallest absolute Gasteiger partial charge is 0.337 e. The van der Waals surface area contributed by atoms with Gasteiger partial charge in [-0.15, -0.1) is 0 Å². The van der Waals surface area contributed by atoms with Crippen LogP contribution in [0.25, 0.3) is 0 Å². The fraction of sp³-hybridized carbons (Fsp3) is 0.0588. The van der Waals surface area contributed by atoms with Crippen LogP contribution in [0.5, 0.6) is 0 Å². The van der Waals surface area contributed by atoms with Gasteiger partial charge in [-0.25, -0.2) is 14.4 Å². The molecule has 0 radical (unpaired) electrons. The number of benzene rings is 2. The summed E-state index contributed by atoms with van der Waals surface area (Å²) < 4.78 is 0. The quantitative estimate of drug-likeness (QED) is 0.625. The van der Waals surface area contributed by atoms with Crippen molar-refractivity contribution in [2.75, 3.05) is 0 Å². The average Bonchev–Trinajstić information content (AvgIpc) is 2.59. The van der Waals surface area contributed by atoms with E-state index in [4.69, 9.17) is 10.2 Å². The molecule has 0 atom stereocenters. The van der Waals surface area contributed by atoms with Gasteiger partial charge in [-0.3, -0.25) is 4.79 Å². The van der Waals surface area contributed by atoms with E-state index in [9.17, 15) is 24.3 Å². The number of carbonyl (C=O) groups is 4. The van der Waals surface area contributed by atoms with Crippen molar-refractivity contribution >= 4 is 23.8 Å². The molecule has 128 valence electrons. The average molecular weight is 343 g/mol. The van der Waals surface area contributed by atoms with Gasteiger partial charge in [-0.2, -0.15) is 0 Å².